The maximum atomic E-state index is 12.2. The van der Waals surface area contributed by atoms with E-state index in [1.54, 1.807) is 12.2 Å². The van der Waals surface area contributed by atoms with Gasteiger partial charge in [0, 0.05) is 11.8 Å². The van der Waals surface area contributed by atoms with Gasteiger partial charge >= 0.3 is 5.97 Å². The number of benzene rings is 1. The van der Waals surface area contributed by atoms with E-state index in [1.165, 1.54) is 12.1 Å². The third-order valence-electron chi connectivity index (χ3n) is 3.50. The van der Waals surface area contributed by atoms with Gasteiger partial charge < -0.3 is 10.4 Å². The molecule has 0 aliphatic heterocycles. The fourth-order valence-electron chi connectivity index (χ4n) is 2.34. The second-order valence-corrected chi connectivity index (χ2v) is 5.31. The Kier molecular flexibility index (Phi) is 4.77. The Morgan fingerprint density at radius 3 is 2.50 bits per heavy atom. The molecule has 7 nitrogen and oxygen atoms in total. The largest absolute Gasteiger partial charge is 0.481 e. The third-order valence-corrected chi connectivity index (χ3v) is 3.82. The van der Waals surface area contributed by atoms with Crippen LogP contribution in [-0.4, -0.2) is 21.9 Å². The van der Waals surface area contributed by atoms with Crippen LogP contribution in [-0.2, 0) is 9.59 Å². The number of aliphatic carboxylic acids is 1. The molecule has 0 radical (unpaired) electrons. The van der Waals surface area contributed by atoms with Gasteiger partial charge in [0.2, 0.25) is 5.91 Å². The molecular formula is C14H13ClN2O5. The van der Waals surface area contributed by atoms with Gasteiger partial charge in [-0.05, 0) is 25.0 Å². The molecule has 0 spiro atoms. The third kappa shape index (κ3) is 3.43. The molecule has 1 aromatic carbocycles. The maximum Gasteiger partial charge on any atom is 0.307 e. The number of carboxylic acid groups (broad SMARTS) is 1. The van der Waals surface area contributed by atoms with Crippen molar-refractivity contribution >= 4 is 34.9 Å². The smallest absolute Gasteiger partial charge is 0.307 e. The van der Waals surface area contributed by atoms with Crippen molar-refractivity contribution in [3.05, 3.63) is 45.5 Å². The second-order valence-electron chi connectivity index (χ2n) is 4.91. The summed E-state index contributed by atoms with van der Waals surface area (Å²) in [6, 6.07) is 3.89. The van der Waals surface area contributed by atoms with Crippen LogP contribution in [0.4, 0.5) is 11.4 Å². The summed E-state index contributed by atoms with van der Waals surface area (Å²) < 4.78 is 0. The summed E-state index contributed by atoms with van der Waals surface area (Å²) in [6.45, 7) is 0. The number of allylic oxidation sites excluding steroid dienone is 2. The van der Waals surface area contributed by atoms with Crippen molar-refractivity contribution in [1.82, 2.24) is 0 Å². The number of amides is 1. The number of nitrogens with zero attached hydrogens (tertiary/aromatic N) is 1. The van der Waals surface area contributed by atoms with Crippen LogP contribution in [0.2, 0.25) is 5.02 Å². The maximum absolute atomic E-state index is 12.2. The summed E-state index contributed by atoms with van der Waals surface area (Å²) in [4.78, 5) is 33.6. The highest BCUT2D eigenvalue weighted by atomic mass is 35.5. The fraction of sp³-hybridized carbons (Fsp3) is 0.286. The van der Waals surface area contributed by atoms with E-state index in [9.17, 15) is 19.7 Å². The second kappa shape index (κ2) is 6.57. The first kappa shape index (κ1) is 16.0. The number of rotatable bonds is 4. The molecule has 1 amide bonds. The summed E-state index contributed by atoms with van der Waals surface area (Å²) in [7, 11) is 0. The lowest BCUT2D eigenvalue weighted by molar-refractivity contribution is -0.384. The number of carbonyl (C=O) groups is 2. The van der Waals surface area contributed by atoms with E-state index in [0.29, 0.717) is 6.42 Å². The Morgan fingerprint density at radius 1 is 1.27 bits per heavy atom. The van der Waals surface area contributed by atoms with Crippen LogP contribution in [0.25, 0.3) is 0 Å². The van der Waals surface area contributed by atoms with Gasteiger partial charge in [-0.25, -0.2) is 0 Å². The van der Waals surface area contributed by atoms with Crippen molar-refractivity contribution < 1.29 is 19.6 Å². The van der Waals surface area contributed by atoms with Crippen molar-refractivity contribution in [3.8, 4) is 0 Å². The summed E-state index contributed by atoms with van der Waals surface area (Å²) >= 11 is 5.70. The zero-order chi connectivity index (χ0) is 16.3. The predicted octanol–water partition coefficient (Wildman–Crippen LogP) is 2.85. The number of nitrogens with one attached hydrogen (secondary N) is 1. The molecule has 2 unspecified atom stereocenters. The van der Waals surface area contributed by atoms with Crippen molar-refractivity contribution in [2.75, 3.05) is 5.32 Å². The highest BCUT2D eigenvalue weighted by Gasteiger charge is 2.34. The van der Waals surface area contributed by atoms with Crippen LogP contribution >= 0.6 is 11.6 Å². The van der Waals surface area contributed by atoms with Crippen LogP contribution in [0.1, 0.15) is 12.8 Å². The highest BCUT2D eigenvalue weighted by molar-refractivity contribution is 6.32. The molecule has 0 saturated heterocycles. The SMILES string of the molecule is O=C(O)C1CC=CCC1C(=O)Nc1ccc(Cl)c([N+](=O)[O-])c1. The number of hydrogen-bond donors (Lipinski definition) is 2. The van der Waals surface area contributed by atoms with Crippen molar-refractivity contribution in [1.29, 1.82) is 0 Å². The molecule has 0 saturated carbocycles. The van der Waals surface area contributed by atoms with E-state index in [4.69, 9.17) is 16.7 Å². The summed E-state index contributed by atoms with van der Waals surface area (Å²) in [6.07, 6.45) is 4.09. The van der Waals surface area contributed by atoms with Gasteiger partial charge in [-0.15, -0.1) is 0 Å². The summed E-state index contributed by atoms with van der Waals surface area (Å²) in [5.74, 6) is -3.02. The van der Waals surface area contributed by atoms with Crippen molar-refractivity contribution in [2.24, 2.45) is 11.8 Å². The molecule has 0 fully saturated rings. The normalized spacial score (nSPS) is 20.4. The van der Waals surface area contributed by atoms with Gasteiger partial charge in [-0.3, -0.25) is 19.7 Å². The summed E-state index contributed by atoms with van der Waals surface area (Å²) in [5, 5.41) is 22.5. The lowest BCUT2D eigenvalue weighted by Gasteiger charge is -2.24. The molecule has 1 aliphatic rings. The minimum Gasteiger partial charge on any atom is -0.481 e. The van der Waals surface area contributed by atoms with Crippen LogP contribution < -0.4 is 5.32 Å². The van der Waals surface area contributed by atoms with Gasteiger partial charge in [-0.1, -0.05) is 23.8 Å². The monoisotopic (exact) mass is 324 g/mol. The molecular weight excluding hydrogens is 312 g/mol. The Hall–Kier alpha value is -2.41. The fourth-order valence-corrected chi connectivity index (χ4v) is 2.53. The van der Waals surface area contributed by atoms with Crippen LogP contribution in [0.5, 0.6) is 0 Å². The first-order chi connectivity index (χ1) is 10.4. The molecule has 116 valence electrons. The van der Waals surface area contributed by atoms with Gasteiger partial charge in [0.1, 0.15) is 5.02 Å². The first-order valence-electron chi connectivity index (χ1n) is 6.52. The van der Waals surface area contributed by atoms with Gasteiger partial charge in [0.15, 0.2) is 0 Å². The topological polar surface area (TPSA) is 110 Å². The molecule has 1 aliphatic carbocycles. The molecule has 2 rings (SSSR count). The van der Waals surface area contributed by atoms with E-state index < -0.39 is 28.6 Å². The highest BCUT2D eigenvalue weighted by Crippen LogP contribution is 2.30. The summed E-state index contributed by atoms with van der Waals surface area (Å²) in [5.41, 5.74) is -0.113. The Balaban J connectivity index is 2.18. The zero-order valence-corrected chi connectivity index (χ0v) is 12.1. The number of nitro benzene ring substituents is 1. The average Bonchev–Trinajstić information content (AvgIpc) is 2.48. The predicted molar refractivity (Wildman–Crippen MR) is 79.7 cm³/mol. The van der Waals surface area contributed by atoms with Crippen LogP contribution in [0.15, 0.2) is 30.4 Å². The Bertz CT molecular complexity index is 659. The molecule has 2 atom stereocenters. The van der Waals surface area contributed by atoms with E-state index in [1.807, 2.05) is 0 Å². The lowest BCUT2D eigenvalue weighted by atomic mass is 9.82. The van der Waals surface area contributed by atoms with Gasteiger partial charge in [0.25, 0.3) is 5.69 Å². The molecule has 0 aromatic heterocycles. The lowest BCUT2D eigenvalue weighted by Crippen LogP contribution is -2.34. The van der Waals surface area contributed by atoms with Gasteiger partial charge in [0.05, 0.1) is 16.8 Å². The van der Waals surface area contributed by atoms with Crippen LogP contribution in [0, 0.1) is 22.0 Å². The number of anilines is 1. The molecule has 1 aromatic rings. The van der Waals surface area contributed by atoms with E-state index in [2.05, 4.69) is 5.32 Å². The molecule has 0 heterocycles. The van der Waals surface area contributed by atoms with Gasteiger partial charge in [-0.2, -0.15) is 0 Å². The standard InChI is InChI=1S/C14H13ClN2O5/c15-11-6-5-8(7-12(11)17(21)22)16-13(18)9-3-1-2-4-10(9)14(19)20/h1-2,5-7,9-10H,3-4H2,(H,16,18)(H,19,20). The van der Waals surface area contributed by atoms with E-state index in [-0.39, 0.29) is 22.8 Å². The van der Waals surface area contributed by atoms with Crippen LogP contribution in [0.3, 0.4) is 0 Å². The molecule has 2 N–H and O–H groups in total. The quantitative estimate of drug-likeness (QED) is 0.502. The minimum atomic E-state index is -1.04. The number of hydrogen-bond acceptors (Lipinski definition) is 4. The molecule has 8 heteroatoms. The minimum absolute atomic E-state index is 0.0352. The van der Waals surface area contributed by atoms with Crippen molar-refractivity contribution in [3.63, 3.8) is 0 Å². The molecule has 22 heavy (non-hydrogen) atoms. The van der Waals surface area contributed by atoms with Crippen molar-refractivity contribution in [2.45, 2.75) is 12.8 Å². The number of halogens is 1. The zero-order valence-electron chi connectivity index (χ0n) is 11.4. The number of nitro groups is 1. The average molecular weight is 325 g/mol. The molecule has 0 bridgehead atoms. The Morgan fingerprint density at radius 2 is 1.91 bits per heavy atom. The Labute approximate surface area is 130 Å². The first-order valence-corrected chi connectivity index (χ1v) is 6.90. The van der Waals surface area contributed by atoms with E-state index >= 15 is 0 Å². The number of carbonyl (C=O) groups excluding carboxylic acids is 1. The van der Waals surface area contributed by atoms with E-state index in [0.717, 1.165) is 6.07 Å². The number of carboxylic acids is 1.